The van der Waals surface area contributed by atoms with Crippen LogP contribution in [-0.2, 0) is 5.54 Å². The maximum absolute atomic E-state index is 6.26. The van der Waals surface area contributed by atoms with E-state index in [4.69, 9.17) is 22.1 Å². The van der Waals surface area contributed by atoms with Crippen LogP contribution in [0.15, 0.2) is 18.2 Å². The van der Waals surface area contributed by atoms with Crippen LogP contribution >= 0.6 is 11.6 Å². The van der Waals surface area contributed by atoms with Gasteiger partial charge in [0.1, 0.15) is 5.75 Å². The predicted octanol–water partition coefficient (Wildman–Crippen LogP) is 3.22. The summed E-state index contributed by atoms with van der Waals surface area (Å²) in [7, 11) is 0. The normalized spacial score (nSPS) is 22.6. The summed E-state index contributed by atoms with van der Waals surface area (Å²) in [4.78, 5) is 0. The van der Waals surface area contributed by atoms with Crippen molar-refractivity contribution in [2.45, 2.75) is 43.7 Å². The van der Waals surface area contributed by atoms with Gasteiger partial charge >= 0.3 is 0 Å². The van der Waals surface area contributed by atoms with Crippen molar-refractivity contribution in [3.63, 3.8) is 0 Å². The van der Waals surface area contributed by atoms with Crippen LogP contribution in [0.3, 0.4) is 0 Å². The Balaban J connectivity index is 1.83. The fourth-order valence-corrected chi connectivity index (χ4v) is 2.34. The SMILES string of the molecule is NC1(c2ccc(OC3CC3)c(Cl)c2)CCC1. The van der Waals surface area contributed by atoms with Crippen LogP contribution in [0.2, 0.25) is 5.02 Å². The summed E-state index contributed by atoms with van der Waals surface area (Å²) in [6, 6.07) is 5.99. The van der Waals surface area contributed by atoms with Gasteiger partial charge in [0.05, 0.1) is 11.1 Å². The Hall–Kier alpha value is -0.730. The van der Waals surface area contributed by atoms with Gasteiger partial charge in [-0.2, -0.15) is 0 Å². The van der Waals surface area contributed by atoms with Gasteiger partial charge in [-0.15, -0.1) is 0 Å². The van der Waals surface area contributed by atoms with Gasteiger partial charge in [0.25, 0.3) is 0 Å². The first-order chi connectivity index (χ1) is 7.67. The van der Waals surface area contributed by atoms with Crippen molar-refractivity contribution in [3.8, 4) is 5.75 Å². The minimum Gasteiger partial charge on any atom is -0.489 e. The molecule has 2 aliphatic rings. The molecule has 0 amide bonds. The molecule has 2 saturated carbocycles. The second-order valence-corrected chi connectivity index (χ2v) is 5.38. The van der Waals surface area contributed by atoms with Crippen molar-refractivity contribution < 1.29 is 4.74 Å². The van der Waals surface area contributed by atoms with Crippen molar-refractivity contribution in [2.75, 3.05) is 0 Å². The molecule has 2 N–H and O–H groups in total. The lowest BCUT2D eigenvalue weighted by Crippen LogP contribution is -2.43. The molecule has 3 heteroatoms. The monoisotopic (exact) mass is 237 g/mol. The summed E-state index contributed by atoms with van der Waals surface area (Å²) in [5.41, 5.74) is 7.27. The summed E-state index contributed by atoms with van der Waals surface area (Å²) in [5, 5.41) is 0.695. The van der Waals surface area contributed by atoms with E-state index in [9.17, 15) is 0 Å². The molecule has 0 heterocycles. The summed E-state index contributed by atoms with van der Waals surface area (Å²) in [6.07, 6.45) is 6.03. The molecular formula is C13H16ClNO. The zero-order valence-corrected chi connectivity index (χ0v) is 9.96. The second kappa shape index (κ2) is 3.64. The van der Waals surface area contributed by atoms with Crippen molar-refractivity contribution in [1.82, 2.24) is 0 Å². The number of hydrogen-bond donors (Lipinski definition) is 1. The van der Waals surface area contributed by atoms with Gasteiger partial charge in [0.15, 0.2) is 0 Å². The van der Waals surface area contributed by atoms with Gasteiger partial charge in [-0.1, -0.05) is 17.7 Å². The third-order valence-corrected chi connectivity index (χ3v) is 3.87. The number of nitrogens with two attached hydrogens (primary N) is 1. The Bertz CT molecular complexity index is 410. The van der Waals surface area contributed by atoms with Gasteiger partial charge in [0.2, 0.25) is 0 Å². The fourth-order valence-electron chi connectivity index (χ4n) is 2.12. The van der Waals surface area contributed by atoms with E-state index in [1.54, 1.807) is 0 Å². The Morgan fingerprint density at radius 1 is 1.31 bits per heavy atom. The molecule has 2 nitrogen and oxygen atoms in total. The first-order valence-corrected chi connectivity index (χ1v) is 6.31. The van der Waals surface area contributed by atoms with Gasteiger partial charge < -0.3 is 10.5 Å². The Morgan fingerprint density at radius 3 is 2.56 bits per heavy atom. The molecule has 0 bridgehead atoms. The molecule has 1 aromatic carbocycles. The molecule has 16 heavy (non-hydrogen) atoms. The first-order valence-electron chi connectivity index (χ1n) is 5.93. The Labute approximate surface area is 101 Å². The smallest absolute Gasteiger partial charge is 0.138 e. The number of hydrogen-bond acceptors (Lipinski definition) is 2. The average Bonchev–Trinajstić information content (AvgIpc) is 3.01. The topological polar surface area (TPSA) is 35.2 Å². The molecule has 0 spiro atoms. The van der Waals surface area contributed by atoms with Crippen LogP contribution in [0.4, 0.5) is 0 Å². The molecule has 0 radical (unpaired) electrons. The third-order valence-electron chi connectivity index (χ3n) is 3.57. The molecule has 86 valence electrons. The van der Waals surface area contributed by atoms with E-state index in [1.165, 1.54) is 6.42 Å². The van der Waals surface area contributed by atoms with Crippen molar-refractivity contribution in [3.05, 3.63) is 28.8 Å². The van der Waals surface area contributed by atoms with Crippen LogP contribution in [0, 0.1) is 0 Å². The Kier molecular flexibility index (Phi) is 2.37. The van der Waals surface area contributed by atoms with Crippen molar-refractivity contribution >= 4 is 11.6 Å². The lowest BCUT2D eigenvalue weighted by molar-refractivity contribution is 0.253. The Morgan fingerprint density at radius 2 is 2.06 bits per heavy atom. The zero-order chi connectivity index (χ0) is 11.2. The van der Waals surface area contributed by atoms with Crippen LogP contribution in [-0.4, -0.2) is 6.10 Å². The molecule has 1 aromatic rings. The third kappa shape index (κ3) is 1.80. The first kappa shape index (κ1) is 10.4. The molecule has 3 rings (SSSR count). The minimum atomic E-state index is -0.137. The quantitative estimate of drug-likeness (QED) is 0.876. The van der Waals surface area contributed by atoms with Crippen molar-refractivity contribution in [2.24, 2.45) is 5.73 Å². The van der Waals surface area contributed by atoms with E-state index < -0.39 is 0 Å². The highest BCUT2D eigenvalue weighted by molar-refractivity contribution is 6.32. The molecule has 2 fully saturated rings. The highest BCUT2D eigenvalue weighted by Gasteiger charge is 2.34. The van der Waals surface area contributed by atoms with E-state index >= 15 is 0 Å². The molecule has 2 aliphatic carbocycles. The van der Waals surface area contributed by atoms with E-state index in [0.29, 0.717) is 11.1 Å². The predicted molar refractivity (Wildman–Crippen MR) is 64.8 cm³/mol. The van der Waals surface area contributed by atoms with Gasteiger partial charge in [0, 0.05) is 5.54 Å². The standard InChI is InChI=1S/C13H16ClNO/c14-11-8-9(13(15)6-1-7-13)2-5-12(11)16-10-3-4-10/h2,5,8,10H,1,3-4,6-7,15H2. The van der Waals surface area contributed by atoms with E-state index in [2.05, 4.69) is 6.07 Å². The van der Waals surface area contributed by atoms with Crippen LogP contribution in [0.5, 0.6) is 5.75 Å². The molecule has 0 atom stereocenters. The van der Waals surface area contributed by atoms with E-state index in [-0.39, 0.29) is 5.54 Å². The van der Waals surface area contributed by atoms with E-state index in [1.807, 2.05) is 12.1 Å². The number of benzene rings is 1. The molecule has 0 saturated heterocycles. The highest BCUT2D eigenvalue weighted by Crippen LogP contribution is 2.41. The van der Waals surface area contributed by atoms with Gasteiger partial charge in [-0.05, 0) is 49.8 Å². The lowest BCUT2D eigenvalue weighted by Gasteiger charge is -2.38. The summed E-state index contributed by atoms with van der Waals surface area (Å²) in [5.74, 6) is 0.802. The fraction of sp³-hybridized carbons (Fsp3) is 0.538. The molecule has 0 aliphatic heterocycles. The number of ether oxygens (including phenoxy) is 1. The largest absolute Gasteiger partial charge is 0.489 e. The maximum atomic E-state index is 6.26. The highest BCUT2D eigenvalue weighted by atomic mass is 35.5. The summed E-state index contributed by atoms with van der Waals surface area (Å²) in [6.45, 7) is 0. The number of halogens is 1. The van der Waals surface area contributed by atoms with Crippen molar-refractivity contribution in [1.29, 1.82) is 0 Å². The summed E-state index contributed by atoms with van der Waals surface area (Å²) < 4.78 is 5.70. The van der Waals surface area contributed by atoms with Gasteiger partial charge in [-0.25, -0.2) is 0 Å². The molecule has 0 unspecified atom stereocenters. The zero-order valence-electron chi connectivity index (χ0n) is 9.21. The lowest BCUT2D eigenvalue weighted by atomic mass is 9.73. The minimum absolute atomic E-state index is 0.137. The van der Waals surface area contributed by atoms with Crippen LogP contribution in [0.25, 0.3) is 0 Å². The van der Waals surface area contributed by atoms with Crippen LogP contribution in [0.1, 0.15) is 37.7 Å². The van der Waals surface area contributed by atoms with E-state index in [0.717, 1.165) is 37.0 Å². The number of rotatable bonds is 3. The second-order valence-electron chi connectivity index (χ2n) is 4.97. The molecular weight excluding hydrogens is 222 g/mol. The molecule has 0 aromatic heterocycles. The van der Waals surface area contributed by atoms with Crippen LogP contribution < -0.4 is 10.5 Å². The maximum Gasteiger partial charge on any atom is 0.138 e. The summed E-state index contributed by atoms with van der Waals surface area (Å²) >= 11 is 6.21. The average molecular weight is 238 g/mol. The van der Waals surface area contributed by atoms with Gasteiger partial charge in [-0.3, -0.25) is 0 Å².